The highest BCUT2D eigenvalue weighted by Crippen LogP contribution is 2.50. The van der Waals surface area contributed by atoms with Gasteiger partial charge in [0.05, 0.1) is 10.4 Å². The summed E-state index contributed by atoms with van der Waals surface area (Å²) in [5.74, 6) is 0.157. The van der Waals surface area contributed by atoms with E-state index in [1.54, 1.807) is 7.05 Å². The molecular weight excluding hydrogens is 246 g/mol. The van der Waals surface area contributed by atoms with Crippen molar-refractivity contribution in [3.63, 3.8) is 0 Å². The van der Waals surface area contributed by atoms with Crippen LogP contribution in [0.2, 0.25) is 0 Å². The maximum Gasteiger partial charge on any atom is 0.227 e. The monoisotopic (exact) mass is 269 g/mol. The first-order valence-electron chi connectivity index (χ1n) is 6.62. The van der Waals surface area contributed by atoms with Crippen LogP contribution in [0.1, 0.15) is 32.6 Å². The Kier molecular flexibility index (Phi) is 3.65. The fraction of sp³-hybridized carbons (Fsp3) is 0.846. The largest absolute Gasteiger partial charge is 0.393 e. The lowest BCUT2D eigenvalue weighted by molar-refractivity contribution is -0.129. The molecule has 1 heterocycles. The number of hydrogen-bond acceptors (Lipinski definition) is 3. The van der Waals surface area contributed by atoms with Gasteiger partial charge in [-0.05, 0) is 38.1 Å². The zero-order chi connectivity index (χ0) is 13.4. The third-order valence-electron chi connectivity index (χ3n) is 4.39. The van der Waals surface area contributed by atoms with Crippen LogP contribution in [0.3, 0.4) is 0 Å². The van der Waals surface area contributed by atoms with Gasteiger partial charge in [0.1, 0.15) is 0 Å². The van der Waals surface area contributed by atoms with E-state index in [2.05, 4.69) is 17.1 Å². The van der Waals surface area contributed by atoms with E-state index in [4.69, 9.17) is 18.0 Å². The van der Waals surface area contributed by atoms with E-state index in [0.29, 0.717) is 10.4 Å². The third-order valence-corrected chi connectivity index (χ3v) is 4.54. The van der Waals surface area contributed by atoms with Gasteiger partial charge in [-0.2, -0.15) is 0 Å². The summed E-state index contributed by atoms with van der Waals surface area (Å²) in [6.07, 6.45) is 4.24. The Hall–Kier alpha value is -0.680. The Bertz CT molecular complexity index is 367. The molecular formula is C13H23N3OS. The average molecular weight is 269 g/mol. The summed E-state index contributed by atoms with van der Waals surface area (Å²) in [5.41, 5.74) is 5.76. The van der Waals surface area contributed by atoms with E-state index in [1.165, 1.54) is 12.8 Å². The van der Waals surface area contributed by atoms with E-state index >= 15 is 0 Å². The van der Waals surface area contributed by atoms with Crippen molar-refractivity contribution in [1.29, 1.82) is 0 Å². The van der Waals surface area contributed by atoms with Gasteiger partial charge in [-0.25, -0.2) is 0 Å². The molecule has 4 nitrogen and oxygen atoms in total. The minimum atomic E-state index is -0.228. The molecule has 1 saturated heterocycles. The van der Waals surface area contributed by atoms with Crippen molar-refractivity contribution in [3.8, 4) is 0 Å². The second kappa shape index (κ2) is 4.78. The molecule has 3 N–H and O–H groups in total. The molecule has 0 aromatic carbocycles. The molecule has 0 spiro atoms. The molecule has 1 aliphatic carbocycles. The van der Waals surface area contributed by atoms with Crippen LogP contribution in [0.25, 0.3) is 0 Å². The van der Waals surface area contributed by atoms with Gasteiger partial charge >= 0.3 is 0 Å². The zero-order valence-corrected chi connectivity index (χ0v) is 12.1. The first-order valence-corrected chi connectivity index (χ1v) is 7.03. The van der Waals surface area contributed by atoms with Gasteiger partial charge in [0.15, 0.2) is 0 Å². The van der Waals surface area contributed by atoms with Crippen LogP contribution in [0.4, 0.5) is 0 Å². The number of thiocarbonyl (C=S) groups is 1. The van der Waals surface area contributed by atoms with E-state index in [0.717, 1.165) is 32.5 Å². The summed E-state index contributed by atoms with van der Waals surface area (Å²) in [7, 11) is 1.71. The number of carbonyl (C=O) groups is 1. The Labute approximate surface area is 114 Å². The first kappa shape index (κ1) is 13.7. The second-order valence-corrected chi connectivity index (χ2v) is 6.77. The van der Waals surface area contributed by atoms with Crippen LogP contribution in [0.5, 0.6) is 0 Å². The molecule has 18 heavy (non-hydrogen) atoms. The second-order valence-electron chi connectivity index (χ2n) is 6.24. The van der Waals surface area contributed by atoms with Gasteiger partial charge in [-0.3, -0.25) is 4.79 Å². The van der Waals surface area contributed by atoms with Crippen LogP contribution in [-0.2, 0) is 4.79 Å². The van der Waals surface area contributed by atoms with Crippen LogP contribution in [-0.4, -0.2) is 42.5 Å². The minimum Gasteiger partial charge on any atom is -0.393 e. The van der Waals surface area contributed by atoms with E-state index in [1.807, 2.05) is 0 Å². The fourth-order valence-electron chi connectivity index (χ4n) is 3.09. The van der Waals surface area contributed by atoms with E-state index in [-0.39, 0.29) is 11.3 Å². The topological polar surface area (TPSA) is 58.4 Å². The number of nitrogens with one attached hydrogen (secondary N) is 1. The SMILES string of the molecule is CNC(=O)C1(C)CCN(CC2(CC(N)=S)CC2)C1. The summed E-state index contributed by atoms with van der Waals surface area (Å²) in [4.78, 5) is 14.9. The highest BCUT2D eigenvalue weighted by molar-refractivity contribution is 7.80. The molecule has 1 aliphatic heterocycles. The number of nitrogens with two attached hydrogens (primary N) is 1. The van der Waals surface area contributed by atoms with Crippen LogP contribution in [0.15, 0.2) is 0 Å². The summed E-state index contributed by atoms with van der Waals surface area (Å²) in [6, 6.07) is 0. The van der Waals surface area contributed by atoms with Crippen molar-refractivity contribution in [2.24, 2.45) is 16.6 Å². The summed E-state index contributed by atoms with van der Waals surface area (Å²) >= 11 is 5.03. The predicted octanol–water partition coefficient (Wildman–Crippen LogP) is 0.901. The van der Waals surface area contributed by atoms with Crippen molar-refractivity contribution < 1.29 is 4.79 Å². The molecule has 1 atom stereocenters. The molecule has 0 radical (unpaired) electrons. The van der Waals surface area contributed by atoms with Crippen LogP contribution >= 0.6 is 12.2 Å². The third kappa shape index (κ3) is 2.83. The normalized spacial score (nSPS) is 30.1. The lowest BCUT2D eigenvalue weighted by atomic mass is 9.89. The Balaban J connectivity index is 1.90. The van der Waals surface area contributed by atoms with Gasteiger partial charge in [0.2, 0.25) is 5.91 Å². The summed E-state index contributed by atoms with van der Waals surface area (Å²) in [6.45, 7) is 4.95. The standard InChI is InChI=1S/C13H23N3OS/c1-12(11(17)15-2)5-6-16(8-12)9-13(3-4-13)7-10(14)18/h3-9H2,1-2H3,(H2,14,18)(H,15,17). The van der Waals surface area contributed by atoms with Gasteiger partial charge < -0.3 is 16.0 Å². The summed E-state index contributed by atoms with van der Waals surface area (Å²) < 4.78 is 0. The van der Waals surface area contributed by atoms with E-state index in [9.17, 15) is 4.79 Å². The minimum absolute atomic E-state index is 0.157. The molecule has 1 saturated carbocycles. The Morgan fingerprint density at radius 1 is 1.44 bits per heavy atom. The summed E-state index contributed by atoms with van der Waals surface area (Å²) in [5, 5.41) is 2.77. The zero-order valence-electron chi connectivity index (χ0n) is 11.3. The fourth-order valence-corrected chi connectivity index (χ4v) is 3.40. The Morgan fingerprint density at radius 2 is 2.11 bits per heavy atom. The molecule has 0 aromatic rings. The van der Waals surface area contributed by atoms with Crippen molar-refractivity contribution in [2.45, 2.75) is 32.6 Å². The quantitative estimate of drug-likeness (QED) is 0.728. The molecule has 2 fully saturated rings. The molecule has 0 bridgehead atoms. The van der Waals surface area contributed by atoms with Gasteiger partial charge in [-0.15, -0.1) is 0 Å². The van der Waals surface area contributed by atoms with Crippen LogP contribution in [0, 0.1) is 10.8 Å². The average Bonchev–Trinajstić information content (AvgIpc) is 2.92. The first-order chi connectivity index (χ1) is 8.39. The molecule has 5 heteroatoms. The van der Waals surface area contributed by atoms with Crippen LogP contribution < -0.4 is 11.1 Å². The van der Waals surface area contributed by atoms with Crippen molar-refractivity contribution >= 4 is 23.1 Å². The van der Waals surface area contributed by atoms with Gasteiger partial charge in [0.25, 0.3) is 0 Å². The molecule has 0 aromatic heterocycles. The highest BCUT2D eigenvalue weighted by atomic mass is 32.1. The predicted molar refractivity (Wildman–Crippen MR) is 76.3 cm³/mol. The smallest absolute Gasteiger partial charge is 0.227 e. The van der Waals surface area contributed by atoms with E-state index < -0.39 is 0 Å². The highest BCUT2D eigenvalue weighted by Gasteiger charge is 2.47. The van der Waals surface area contributed by atoms with Crippen molar-refractivity contribution in [1.82, 2.24) is 10.2 Å². The molecule has 102 valence electrons. The van der Waals surface area contributed by atoms with Gasteiger partial charge in [-0.1, -0.05) is 12.2 Å². The number of nitrogens with zero attached hydrogens (tertiary/aromatic N) is 1. The number of carbonyl (C=O) groups excluding carboxylic acids is 1. The number of likely N-dealkylation sites (tertiary alicyclic amines) is 1. The number of rotatable bonds is 5. The maximum atomic E-state index is 11.9. The molecule has 1 unspecified atom stereocenters. The number of amides is 1. The van der Waals surface area contributed by atoms with Gasteiger partial charge in [0, 0.05) is 26.6 Å². The lowest BCUT2D eigenvalue weighted by Crippen LogP contribution is -2.40. The maximum absolute atomic E-state index is 11.9. The Morgan fingerprint density at radius 3 is 2.61 bits per heavy atom. The van der Waals surface area contributed by atoms with Crippen molar-refractivity contribution in [2.75, 3.05) is 26.7 Å². The van der Waals surface area contributed by atoms with Crippen molar-refractivity contribution in [3.05, 3.63) is 0 Å². The molecule has 1 amide bonds. The molecule has 2 rings (SSSR count). The lowest BCUT2D eigenvalue weighted by Gasteiger charge is -2.26. The molecule has 2 aliphatic rings. The number of hydrogen-bond donors (Lipinski definition) is 2.